The van der Waals surface area contributed by atoms with E-state index in [0.717, 1.165) is 18.6 Å². The van der Waals surface area contributed by atoms with Crippen LogP contribution in [0.5, 0.6) is 5.75 Å². The molecule has 7 heteroatoms. The number of carbonyl (C=O) groups is 2. The molecular weight excluding hydrogens is 322 g/mol. The van der Waals surface area contributed by atoms with Crippen molar-refractivity contribution in [2.24, 2.45) is 5.73 Å². The number of morpholine rings is 1. The SMILES string of the molecule is COc1ccc(CC[C@@H](C)NC(=O)N2C[C@@H](C)O[C@H](C(N)=O)C2)cc1. The Bertz CT molecular complexity index is 590. The van der Waals surface area contributed by atoms with E-state index in [1.54, 1.807) is 12.0 Å². The number of hydrogen-bond acceptors (Lipinski definition) is 4. The quantitative estimate of drug-likeness (QED) is 0.809. The number of urea groups is 1. The first-order chi connectivity index (χ1) is 11.9. The summed E-state index contributed by atoms with van der Waals surface area (Å²) in [5.74, 6) is 0.285. The van der Waals surface area contributed by atoms with Crippen LogP contribution in [0.1, 0.15) is 25.8 Å². The highest BCUT2D eigenvalue weighted by Gasteiger charge is 2.31. The molecule has 138 valence electrons. The molecule has 3 amide bonds. The topological polar surface area (TPSA) is 93.9 Å². The number of carbonyl (C=O) groups excluding carboxylic acids is 2. The maximum Gasteiger partial charge on any atom is 0.317 e. The van der Waals surface area contributed by atoms with E-state index in [2.05, 4.69) is 5.32 Å². The normalized spacial score (nSPS) is 21.5. The molecule has 0 saturated carbocycles. The molecule has 1 heterocycles. The summed E-state index contributed by atoms with van der Waals surface area (Å²) < 4.78 is 10.6. The number of amides is 3. The van der Waals surface area contributed by atoms with Crippen molar-refractivity contribution in [3.63, 3.8) is 0 Å². The fourth-order valence-corrected chi connectivity index (χ4v) is 2.82. The Labute approximate surface area is 148 Å². The fourth-order valence-electron chi connectivity index (χ4n) is 2.82. The number of nitrogens with two attached hydrogens (primary N) is 1. The molecule has 25 heavy (non-hydrogen) atoms. The summed E-state index contributed by atoms with van der Waals surface area (Å²) in [4.78, 5) is 25.3. The second-order valence-corrected chi connectivity index (χ2v) is 6.48. The van der Waals surface area contributed by atoms with Crippen molar-refractivity contribution in [3.8, 4) is 5.75 Å². The summed E-state index contributed by atoms with van der Waals surface area (Å²) in [6.07, 6.45) is 0.710. The van der Waals surface area contributed by atoms with Crippen molar-refractivity contribution in [2.75, 3.05) is 20.2 Å². The highest BCUT2D eigenvalue weighted by atomic mass is 16.5. The molecule has 0 aliphatic carbocycles. The summed E-state index contributed by atoms with van der Waals surface area (Å²) in [6, 6.07) is 7.72. The van der Waals surface area contributed by atoms with Gasteiger partial charge in [-0.05, 0) is 44.4 Å². The molecule has 1 aromatic carbocycles. The molecule has 1 aromatic rings. The molecule has 1 fully saturated rings. The molecule has 3 atom stereocenters. The Morgan fingerprint density at radius 3 is 2.64 bits per heavy atom. The minimum absolute atomic E-state index is 0.0137. The minimum atomic E-state index is -0.746. The standard InChI is InChI=1S/C18H27N3O4/c1-12(4-5-14-6-8-15(24-3)9-7-14)20-18(23)21-10-13(2)25-16(11-21)17(19)22/h6-9,12-13,16H,4-5,10-11H2,1-3H3,(H2,19,22)(H,20,23)/t12-,13-,16+/m1/s1. The van der Waals surface area contributed by atoms with E-state index in [1.807, 2.05) is 38.1 Å². The molecule has 0 aromatic heterocycles. The van der Waals surface area contributed by atoms with Crippen LogP contribution in [-0.4, -0.2) is 55.3 Å². The van der Waals surface area contributed by atoms with Gasteiger partial charge in [0.15, 0.2) is 6.10 Å². The van der Waals surface area contributed by atoms with Crippen molar-refractivity contribution >= 4 is 11.9 Å². The number of nitrogens with one attached hydrogen (secondary N) is 1. The Morgan fingerprint density at radius 2 is 2.04 bits per heavy atom. The van der Waals surface area contributed by atoms with Gasteiger partial charge < -0.3 is 25.4 Å². The lowest BCUT2D eigenvalue weighted by molar-refractivity contribution is -0.139. The van der Waals surface area contributed by atoms with Crippen LogP contribution >= 0.6 is 0 Å². The number of aryl methyl sites for hydroxylation is 1. The summed E-state index contributed by atoms with van der Waals surface area (Å²) in [6.45, 7) is 4.43. The lowest BCUT2D eigenvalue weighted by Crippen LogP contribution is -2.56. The van der Waals surface area contributed by atoms with Gasteiger partial charge in [0.05, 0.1) is 19.8 Å². The Balaban J connectivity index is 1.81. The molecule has 1 aliphatic heterocycles. The van der Waals surface area contributed by atoms with E-state index in [-0.39, 0.29) is 24.7 Å². The van der Waals surface area contributed by atoms with Crippen molar-refractivity contribution < 1.29 is 19.1 Å². The maximum absolute atomic E-state index is 12.4. The smallest absolute Gasteiger partial charge is 0.317 e. The van der Waals surface area contributed by atoms with Gasteiger partial charge in [-0.15, -0.1) is 0 Å². The number of ether oxygens (including phenoxy) is 2. The first kappa shape index (κ1) is 19.1. The first-order valence-electron chi connectivity index (χ1n) is 8.52. The Kier molecular flexibility index (Phi) is 6.64. The molecule has 1 saturated heterocycles. The third-order valence-corrected chi connectivity index (χ3v) is 4.26. The van der Waals surface area contributed by atoms with E-state index in [0.29, 0.717) is 6.54 Å². The third-order valence-electron chi connectivity index (χ3n) is 4.26. The average Bonchev–Trinajstić information content (AvgIpc) is 2.59. The predicted octanol–water partition coefficient (Wildman–Crippen LogP) is 1.30. The van der Waals surface area contributed by atoms with Crippen LogP contribution in [0.2, 0.25) is 0 Å². The van der Waals surface area contributed by atoms with Gasteiger partial charge in [0.25, 0.3) is 0 Å². The number of hydrogen-bond donors (Lipinski definition) is 2. The molecule has 2 rings (SSSR count). The number of primary amides is 1. The van der Waals surface area contributed by atoms with Gasteiger partial charge in [-0.25, -0.2) is 4.79 Å². The third kappa shape index (κ3) is 5.63. The summed E-state index contributed by atoms with van der Waals surface area (Å²) in [5, 5.41) is 2.98. The zero-order valence-electron chi connectivity index (χ0n) is 15.0. The zero-order valence-corrected chi connectivity index (χ0v) is 15.0. The Morgan fingerprint density at radius 1 is 1.36 bits per heavy atom. The lowest BCUT2D eigenvalue weighted by atomic mass is 10.1. The van der Waals surface area contributed by atoms with Crippen LogP contribution in [0.4, 0.5) is 4.79 Å². The number of methoxy groups -OCH3 is 1. The number of rotatable bonds is 6. The Hall–Kier alpha value is -2.28. The van der Waals surface area contributed by atoms with E-state index >= 15 is 0 Å². The van der Waals surface area contributed by atoms with Crippen molar-refractivity contribution in [1.29, 1.82) is 0 Å². The van der Waals surface area contributed by atoms with E-state index in [1.165, 1.54) is 5.56 Å². The van der Waals surface area contributed by atoms with Gasteiger partial charge in [0.2, 0.25) is 5.91 Å². The van der Waals surface area contributed by atoms with Gasteiger partial charge >= 0.3 is 6.03 Å². The molecule has 3 N–H and O–H groups in total. The van der Waals surface area contributed by atoms with Crippen LogP contribution in [0, 0.1) is 0 Å². The maximum atomic E-state index is 12.4. The largest absolute Gasteiger partial charge is 0.497 e. The molecule has 1 aliphatic rings. The van der Waals surface area contributed by atoms with Gasteiger partial charge in [-0.1, -0.05) is 12.1 Å². The summed E-state index contributed by atoms with van der Waals surface area (Å²) in [7, 11) is 1.64. The lowest BCUT2D eigenvalue weighted by Gasteiger charge is -2.36. The highest BCUT2D eigenvalue weighted by Crippen LogP contribution is 2.14. The highest BCUT2D eigenvalue weighted by molar-refractivity contribution is 5.81. The van der Waals surface area contributed by atoms with E-state index in [9.17, 15) is 9.59 Å². The minimum Gasteiger partial charge on any atom is -0.497 e. The van der Waals surface area contributed by atoms with Gasteiger partial charge in [0.1, 0.15) is 5.75 Å². The summed E-state index contributed by atoms with van der Waals surface area (Å²) >= 11 is 0. The molecular formula is C18H27N3O4. The fraction of sp³-hybridized carbons (Fsp3) is 0.556. The summed E-state index contributed by atoms with van der Waals surface area (Å²) in [5.41, 5.74) is 6.49. The van der Waals surface area contributed by atoms with Crippen LogP contribution in [0.15, 0.2) is 24.3 Å². The van der Waals surface area contributed by atoms with Gasteiger partial charge in [0, 0.05) is 12.6 Å². The van der Waals surface area contributed by atoms with Gasteiger partial charge in [-0.2, -0.15) is 0 Å². The number of benzene rings is 1. The van der Waals surface area contributed by atoms with Crippen LogP contribution in [0.3, 0.4) is 0 Å². The van der Waals surface area contributed by atoms with Crippen molar-refractivity contribution in [2.45, 2.75) is 44.9 Å². The number of nitrogens with zero attached hydrogens (tertiary/aromatic N) is 1. The van der Waals surface area contributed by atoms with Crippen molar-refractivity contribution in [3.05, 3.63) is 29.8 Å². The van der Waals surface area contributed by atoms with Crippen LogP contribution < -0.4 is 15.8 Å². The molecule has 0 radical (unpaired) electrons. The second-order valence-electron chi connectivity index (χ2n) is 6.48. The predicted molar refractivity (Wildman–Crippen MR) is 94.4 cm³/mol. The van der Waals surface area contributed by atoms with Gasteiger partial charge in [-0.3, -0.25) is 4.79 Å². The average molecular weight is 349 g/mol. The van der Waals surface area contributed by atoms with E-state index < -0.39 is 12.0 Å². The second kappa shape index (κ2) is 8.71. The molecule has 7 nitrogen and oxygen atoms in total. The zero-order chi connectivity index (χ0) is 18.4. The van der Waals surface area contributed by atoms with E-state index in [4.69, 9.17) is 15.2 Å². The van der Waals surface area contributed by atoms with Crippen molar-refractivity contribution in [1.82, 2.24) is 10.2 Å². The molecule has 0 spiro atoms. The molecule has 0 unspecified atom stereocenters. The monoisotopic (exact) mass is 349 g/mol. The van der Waals surface area contributed by atoms with Crippen LogP contribution in [-0.2, 0) is 16.0 Å². The first-order valence-corrected chi connectivity index (χ1v) is 8.52. The van der Waals surface area contributed by atoms with Crippen LogP contribution in [0.25, 0.3) is 0 Å². The molecule has 0 bridgehead atoms.